The maximum absolute atomic E-state index is 2.56. The zero-order valence-corrected chi connectivity index (χ0v) is 63.6. The lowest BCUT2D eigenvalue weighted by molar-refractivity contribution is 0.317. The van der Waals surface area contributed by atoms with Gasteiger partial charge in [0.2, 0.25) is 0 Å². The van der Waals surface area contributed by atoms with Crippen molar-refractivity contribution in [3.05, 3.63) is 396 Å². The van der Waals surface area contributed by atoms with E-state index < -0.39 is 0 Å². The maximum Gasteiger partial charge on any atom is 0.0433 e. The molecule has 14 rings (SSSR count). The molecule has 0 radical (unpaired) electrons. The fraction of sp³-hybridized carbons (Fsp3) is 0.208. The van der Waals surface area contributed by atoms with E-state index in [4.69, 9.17) is 0 Å². The Morgan fingerprint density at radius 2 is 0.598 bits per heavy atom. The van der Waals surface area contributed by atoms with Crippen molar-refractivity contribution in [3.63, 3.8) is 0 Å². The molecule has 107 heavy (non-hydrogen) atoms. The van der Waals surface area contributed by atoms with Crippen LogP contribution in [0.25, 0.3) is 55.7 Å². The summed E-state index contributed by atoms with van der Waals surface area (Å²) < 4.78 is 0. The minimum absolute atomic E-state index is 0.830. The fourth-order valence-corrected chi connectivity index (χ4v) is 15.0. The lowest BCUT2D eigenvalue weighted by Gasteiger charge is -2.30. The van der Waals surface area contributed by atoms with Crippen LogP contribution in [-0.2, 0) is 39.3 Å². The zero-order chi connectivity index (χ0) is 73.5. The monoisotopic (exact) mass is 1400 g/mol. The molecule has 0 spiro atoms. The summed E-state index contributed by atoms with van der Waals surface area (Å²) in [6.07, 6.45) is 13.7. The number of allylic oxidation sites excluding steroid dienone is 7. The van der Waals surface area contributed by atoms with E-state index in [9.17, 15) is 0 Å². The summed E-state index contributed by atoms with van der Waals surface area (Å²) in [6, 6.07) is 116. The Labute approximate surface area is 638 Å². The van der Waals surface area contributed by atoms with Crippen LogP contribution in [-0.4, -0.2) is 49.6 Å². The van der Waals surface area contributed by atoms with Crippen LogP contribution >= 0.6 is 0 Å². The van der Waals surface area contributed by atoms with Crippen LogP contribution in [0, 0.1) is 0 Å². The second-order valence-corrected chi connectivity index (χ2v) is 28.3. The maximum atomic E-state index is 2.56. The first-order valence-electron chi connectivity index (χ1n) is 38.9. The summed E-state index contributed by atoms with van der Waals surface area (Å²) in [5.74, 6) is 0. The van der Waals surface area contributed by atoms with E-state index in [0.29, 0.717) is 0 Å². The molecule has 0 bridgehead atoms. The summed E-state index contributed by atoms with van der Waals surface area (Å²) in [5, 5.41) is 0. The molecule has 2 aliphatic carbocycles. The summed E-state index contributed by atoms with van der Waals surface area (Å²) in [6.45, 7) is 21.3. The van der Waals surface area contributed by atoms with Gasteiger partial charge in [-0.2, -0.15) is 0 Å². The Morgan fingerprint density at radius 1 is 0.243 bits per heavy atom. The Hall–Kier alpha value is -11.6. The van der Waals surface area contributed by atoms with Gasteiger partial charge in [0.15, 0.2) is 0 Å². The third-order valence-electron chi connectivity index (χ3n) is 21.2. The van der Waals surface area contributed by atoms with Crippen LogP contribution in [0.15, 0.2) is 351 Å². The first-order valence-corrected chi connectivity index (χ1v) is 38.9. The molecule has 12 aromatic rings. The second kappa shape index (κ2) is 36.9. The molecule has 0 saturated heterocycles. The van der Waals surface area contributed by atoms with Gasteiger partial charge in [-0.3, -0.25) is 0 Å². The van der Waals surface area contributed by atoms with Gasteiger partial charge < -0.3 is 29.4 Å². The zero-order valence-electron chi connectivity index (χ0n) is 63.6. The number of hydrogen-bond acceptors (Lipinski definition) is 6. The summed E-state index contributed by atoms with van der Waals surface area (Å²) in [5.41, 5.74) is 30.9. The fourth-order valence-electron chi connectivity index (χ4n) is 15.0. The number of hydrogen-bond donors (Lipinski definition) is 0. The molecule has 2 aliphatic rings. The molecule has 0 atom stereocenters. The van der Waals surface area contributed by atoms with Crippen molar-refractivity contribution in [1.82, 2.24) is 9.80 Å². The van der Waals surface area contributed by atoms with Crippen LogP contribution in [0.4, 0.5) is 22.7 Å². The van der Waals surface area contributed by atoms with E-state index in [2.05, 4.69) is 411 Å². The lowest BCUT2D eigenvalue weighted by atomic mass is 9.89. The smallest absolute Gasteiger partial charge is 0.0433 e. The van der Waals surface area contributed by atoms with Crippen LogP contribution in [0.5, 0.6) is 0 Å². The quantitative estimate of drug-likeness (QED) is 0.0462. The molecule has 0 amide bonds. The van der Waals surface area contributed by atoms with Gasteiger partial charge in [-0.25, -0.2) is 0 Å². The Morgan fingerprint density at radius 3 is 0.972 bits per heavy atom. The molecular weight excluding hydrogens is 1300 g/mol. The average Bonchev–Trinajstić information content (AvgIpc) is 0.795. The van der Waals surface area contributed by atoms with Crippen LogP contribution in [0.2, 0.25) is 0 Å². The van der Waals surface area contributed by atoms with E-state index in [1.54, 1.807) is 0 Å². The highest BCUT2D eigenvalue weighted by Gasteiger charge is 2.21. The van der Waals surface area contributed by atoms with Crippen LogP contribution < -0.4 is 19.6 Å². The SMILES string of the molecule is C1=C(c2cc(-c3ccc(N(Cc4ccccc4)Cc4ccccc4)cc3)cc(-c3ccc(N(Cc4ccccc4)Cc4ccccc4)cc3)c2)CCC(N(Cc2ccccc2)Cc2ccccc2)=C1.CCN(CC)C1=CCCC(c2cc(-c3cccc(N(C)CC)c3)cc(-c3cccc(N(CC)CC)c3)c2)=C1. The molecule has 6 nitrogen and oxygen atoms in total. The highest BCUT2D eigenvalue weighted by molar-refractivity contribution is 5.84. The van der Waals surface area contributed by atoms with Gasteiger partial charge in [-0.1, -0.05) is 243 Å². The number of benzene rings is 12. The normalized spacial score (nSPS) is 12.5. The third kappa shape index (κ3) is 19.7. The predicted molar refractivity (Wildman–Crippen MR) is 458 cm³/mol. The van der Waals surface area contributed by atoms with E-state index in [1.807, 2.05) is 0 Å². The topological polar surface area (TPSA) is 19.4 Å². The molecule has 0 fully saturated rings. The molecule has 0 aliphatic heterocycles. The van der Waals surface area contributed by atoms with Crippen LogP contribution in [0.3, 0.4) is 0 Å². The average molecular weight is 1400 g/mol. The number of rotatable bonds is 29. The van der Waals surface area contributed by atoms with E-state index >= 15 is 0 Å². The van der Waals surface area contributed by atoms with E-state index in [0.717, 1.165) is 97.7 Å². The Bertz CT molecular complexity index is 4630. The lowest BCUT2D eigenvalue weighted by Crippen LogP contribution is -2.23. The Balaban J connectivity index is 0.000000225. The summed E-state index contributed by atoms with van der Waals surface area (Å²) in [4.78, 5) is 14.7. The molecular formula is C101H104N6. The van der Waals surface area contributed by atoms with Crippen molar-refractivity contribution in [2.75, 3.05) is 59.4 Å². The molecule has 6 heteroatoms. The van der Waals surface area contributed by atoms with Crippen molar-refractivity contribution < 1.29 is 0 Å². The standard InChI is InChI=1S/C66H59N3.C35H45N3/c1-7-19-52(20-8-1)46-67(47-53-21-9-2-10-22-53)64-37-31-58(32-38-64)61-43-62(59-33-39-65(40-34-59)68(48-54-23-11-3-12-24-54)49-55-25-13-4-14-26-55)45-63(44-61)60-35-41-66(42-36-60)69(50-56-27-15-5-16-28-56)51-57-29-17-6-18-30-57;1-7-36(6)33-18-12-15-27(24-33)30-21-31(28-16-13-19-34(25-28)37(8-2)9-3)23-32(22-30)29-17-14-20-35(26-29)38(10-4)11-5/h1-35,37-41,43-45H,36,42,46-51H2;12-13,15-16,18-26H,7-11,14,17H2,1-6H3. The van der Waals surface area contributed by atoms with E-state index in [1.165, 1.54) is 134 Å². The van der Waals surface area contributed by atoms with Gasteiger partial charge in [0.05, 0.1) is 0 Å². The predicted octanol–water partition coefficient (Wildman–Crippen LogP) is 24.9. The molecule has 0 heterocycles. The van der Waals surface area contributed by atoms with Crippen molar-refractivity contribution in [2.24, 2.45) is 0 Å². The van der Waals surface area contributed by atoms with Crippen molar-refractivity contribution >= 4 is 33.9 Å². The first kappa shape index (κ1) is 73.7. The minimum atomic E-state index is 0.830. The molecule has 0 unspecified atom stereocenters. The number of likely N-dealkylation sites (N-methyl/N-ethyl adjacent to an activating group) is 1. The van der Waals surface area contributed by atoms with E-state index in [-0.39, 0.29) is 0 Å². The van der Waals surface area contributed by atoms with Gasteiger partial charge in [0.1, 0.15) is 0 Å². The summed E-state index contributed by atoms with van der Waals surface area (Å²) >= 11 is 0. The highest BCUT2D eigenvalue weighted by atomic mass is 15.1. The molecule has 0 aromatic heterocycles. The number of anilines is 4. The van der Waals surface area contributed by atoms with Gasteiger partial charge in [-0.15, -0.1) is 0 Å². The Kier molecular flexibility index (Phi) is 25.4. The minimum Gasteiger partial charge on any atom is -0.375 e. The summed E-state index contributed by atoms with van der Waals surface area (Å²) in [7, 11) is 2.16. The molecule has 538 valence electrons. The molecule has 12 aromatic carbocycles. The van der Waals surface area contributed by atoms with Crippen molar-refractivity contribution in [2.45, 2.75) is 99.6 Å². The van der Waals surface area contributed by atoms with Crippen molar-refractivity contribution in [3.8, 4) is 44.5 Å². The highest BCUT2D eigenvalue weighted by Crippen LogP contribution is 2.40. The van der Waals surface area contributed by atoms with Crippen molar-refractivity contribution in [1.29, 1.82) is 0 Å². The first-order chi connectivity index (χ1) is 52.6. The molecule has 0 saturated carbocycles. The van der Waals surface area contributed by atoms with Crippen LogP contribution in [0.1, 0.15) is 105 Å². The number of nitrogens with zero attached hydrogens (tertiary/aromatic N) is 6. The second-order valence-electron chi connectivity index (χ2n) is 28.3. The largest absolute Gasteiger partial charge is 0.375 e. The van der Waals surface area contributed by atoms with Gasteiger partial charge in [0, 0.05) is 113 Å². The van der Waals surface area contributed by atoms with Gasteiger partial charge >= 0.3 is 0 Å². The molecule has 0 N–H and O–H groups in total. The van der Waals surface area contributed by atoms with Gasteiger partial charge in [0.25, 0.3) is 0 Å². The third-order valence-corrected chi connectivity index (χ3v) is 21.2. The van der Waals surface area contributed by atoms with Gasteiger partial charge in [-0.05, 0) is 258 Å².